The van der Waals surface area contributed by atoms with Gasteiger partial charge < -0.3 is 4.74 Å². The molecule has 0 spiro atoms. The maximum absolute atomic E-state index is 13.6. The van der Waals surface area contributed by atoms with E-state index >= 15 is 0 Å². The van der Waals surface area contributed by atoms with Crippen LogP contribution in [0.4, 0.5) is 0 Å². The lowest BCUT2D eigenvalue weighted by atomic mass is 10.0. The number of nitrogens with zero attached hydrogens (tertiary/aromatic N) is 1. The standard InChI is InChI=1S/C49H79NO2/c1-3-5-7-9-11-13-15-17-19-21-23-25-27-29-31-36-44-50(49(51)46-40-42-48(43-41-46)52-47-38-34-33-35-39-47)45-37-32-30-28-26-24-22-20-18-16-14-12-10-8-6-4-2/h33-45H,3-32H2,1-2H3. The number of amides is 1. The molecule has 0 fully saturated rings. The minimum Gasteiger partial charge on any atom is -0.457 e. The van der Waals surface area contributed by atoms with E-state index in [0.717, 1.165) is 24.3 Å². The van der Waals surface area contributed by atoms with Crippen LogP contribution in [0, 0.1) is 0 Å². The molecule has 3 nitrogen and oxygen atoms in total. The molecule has 0 aliphatic heterocycles. The van der Waals surface area contributed by atoms with Crippen molar-refractivity contribution in [3.05, 3.63) is 84.7 Å². The van der Waals surface area contributed by atoms with Crippen molar-refractivity contribution in [1.29, 1.82) is 0 Å². The topological polar surface area (TPSA) is 29.5 Å². The summed E-state index contributed by atoms with van der Waals surface area (Å²) in [7, 11) is 0. The van der Waals surface area contributed by atoms with E-state index in [0.29, 0.717) is 5.56 Å². The summed E-state index contributed by atoms with van der Waals surface area (Å²) in [6.07, 6.45) is 48.8. The number of carbonyl (C=O) groups is 1. The molecule has 2 rings (SSSR count). The molecule has 0 aromatic heterocycles. The number of unbranched alkanes of at least 4 members (excludes halogenated alkanes) is 28. The minimum atomic E-state index is 0.000630. The Hall–Kier alpha value is -2.81. The molecule has 0 atom stereocenters. The summed E-state index contributed by atoms with van der Waals surface area (Å²) in [5.74, 6) is 1.53. The monoisotopic (exact) mass is 714 g/mol. The SMILES string of the molecule is CCCCCCCCCCCCCCCCC=CN(C=CCCCCCCCCCCCCCCCC)C(=O)c1ccc(Oc2ccccc2)cc1. The lowest BCUT2D eigenvalue weighted by Gasteiger charge is -2.14. The van der Waals surface area contributed by atoms with Gasteiger partial charge in [-0.25, -0.2) is 0 Å². The highest BCUT2D eigenvalue weighted by molar-refractivity contribution is 5.95. The summed E-state index contributed by atoms with van der Waals surface area (Å²) in [5, 5.41) is 0. The number of benzene rings is 2. The fourth-order valence-corrected chi connectivity index (χ4v) is 6.91. The summed E-state index contributed by atoms with van der Waals surface area (Å²) < 4.78 is 5.95. The van der Waals surface area contributed by atoms with Crippen molar-refractivity contribution in [2.75, 3.05) is 0 Å². The molecule has 2 aromatic rings. The molecule has 0 heterocycles. The normalized spacial score (nSPS) is 11.6. The van der Waals surface area contributed by atoms with Gasteiger partial charge in [-0.05, 0) is 62.1 Å². The van der Waals surface area contributed by atoms with Gasteiger partial charge >= 0.3 is 0 Å². The second kappa shape index (κ2) is 34.0. The van der Waals surface area contributed by atoms with E-state index in [9.17, 15) is 4.79 Å². The molecule has 0 radical (unpaired) electrons. The number of hydrogen-bond donors (Lipinski definition) is 0. The van der Waals surface area contributed by atoms with Gasteiger partial charge in [0.1, 0.15) is 11.5 Å². The van der Waals surface area contributed by atoms with Crippen molar-refractivity contribution in [2.45, 2.75) is 206 Å². The third-order valence-electron chi connectivity index (χ3n) is 10.3. The van der Waals surface area contributed by atoms with Gasteiger partial charge in [-0.3, -0.25) is 9.69 Å². The van der Waals surface area contributed by atoms with Crippen LogP contribution >= 0.6 is 0 Å². The predicted molar refractivity (Wildman–Crippen MR) is 227 cm³/mol. The third kappa shape index (κ3) is 25.2. The van der Waals surface area contributed by atoms with Crippen molar-refractivity contribution in [1.82, 2.24) is 4.90 Å². The zero-order valence-electron chi connectivity index (χ0n) is 34.0. The molecule has 3 heteroatoms. The summed E-state index contributed by atoms with van der Waals surface area (Å²) in [6, 6.07) is 17.3. The summed E-state index contributed by atoms with van der Waals surface area (Å²) in [5.41, 5.74) is 0.669. The predicted octanol–water partition coefficient (Wildman–Crippen LogP) is 16.7. The van der Waals surface area contributed by atoms with Crippen LogP contribution in [0.15, 0.2) is 79.1 Å². The molecular formula is C49H79NO2. The summed E-state index contributed by atoms with van der Waals surface area (Å²) in [4.78, 5) is 15.4. The Kier molecular flexibility index (Phi) is 29.6. The van der Waals surface area contributed by atoms with E-state index in [4.69, 9.17) is 4.74 Å². The number of ether oxygens (including phenoxy) is 1. The van der Waals surface area contributed by atoms with Crippen molar-refractivity contribution >= 4 is 5.91 Å². The molecule has 0 N–H and O–H groups in total. The Bertz CT molecular complexity index is 1080. The second-order valence-electron chi connectivity index (χ2n) is 15.2. The first-order valence-corrected chi connectivity index (χ1v) is 22.2. The fourth-order valence-electron chi connectivity index (χ4n) is 6.91. The zero-order valence-corrected chi connectivity index (χ0v) is 34.0. The molecule has 0 unspecified atom stereocenters. The third-order valence-corrected chi connectivity index (χ3v) is 10.3. The highest BCUT2D eigenvalue weighted by Crippen LogP contribution is 2.22. The second-order valence-corrected chi connectivity index (χ2v) is 15.2. The molecule has 1 amide bonds. The molecule has 0 aliphatic carbocycles. The van der Waals surface area contributed by atoms with E-state index in [2.05, 4.69) is 26.0 Å². The maximum atomic E-state index is 13.6. The Morgan fingerprint density at radius 2 is 0.769 bits per heavy atom. The quantitative estimate of drug-likeness (QED) is 0.0666. The highest BCUT2D eigenvalue weighted by Gasteiger charge is 2.11. The van der Waals surface area contributed by atoms with Crippen LogP contribution in [0.1, 0.15) is 217 Å². The van der Waals surface area contributed by atoms with Crippen molar-refractivity contribution < 1.29 is 9.53 Å². The van der Waals surface area contributed by atoms with Gasteiger partial charge in [-0.15, -0.1) is 0 Å². The van der Waals surface area contributed by atoms with Crippen LogP contribution in [0.2, 0.25) is 0 Å². The lowest BCUT2D eigenvalue weighted by Crippen LogP contribution is -2.20. The first-order chi connectivity index (χ1) is 25.7. The Morgan fingerprint density at radius 3 is 1.13 bits per heavy atom. The van der Waals surface area contributed by atoms with Gasteiger partial charge in [0.25, 0.3) is 5.91 Å². The van der Waals surface area contributed by atoms with E-state index in [1.165, 1.54) is 180 Å². The van der Waals surface area contributed by atoms with Gasteiger partial charge in [0, 0.05) is 18.0 Å². The Labute approximate surface area is 322 Å². The van der Waals surface area contributed by atoms with Crippen LogP contribution in [0.3, 0.4) is 0 Å². The zero-order chi connectivity index (χ0) is 37.0. The number of para-hydroxylation sites is 1. The van der Waals surface area contributed by atoms with Crippen molar-refractivity contribution in [2.24, 2.45) is 0 Å². The van der Waals surface area contributed by atoms with Crippen LogP contribution in [-0.2, 0) is 0 Å². The van der Waals surface area contributed by atoms with Gasteiger partial charge in [0.15, 0.2) is 0 Å². The maximum Gasteiger partial charge on any atom is 0.261 e. The van der Waals surface area contributed by atoms with Gasteiger partial charge in [0.2, 0.25) is 0 Å². The highest BCUT2D eigenvalue weighted by atomic mass is 16.5. The minimum absolute atomic E-state index is 0.000630. The van der Waals surface area contributed by atoms with E-state index < -0.39 is 0 Å². The Morgan fingerprint density at radius 1 is 0.442 bits per heavy atom. The van der Waals surface area contributed by atoms with Crippen LogP contribution < -0.4 is 4.74 Å². The largest absolute Gasteiger partial charge is 0.457 e. The number of carbonyl (C=O) groups excluding carboxylic acids is 1. The molecule has 2 aromatic carbocycles. The summed E-state index contributed by atoms with van der Waals surface area (Å²) >= 11 is 0. The first-order valence-electron chi connectivity index (χ1n) is 22.2. The van der Waals surface area contributed by atoms with Gasteiger partial charge in [-0.2, -0.15) is 0 Å². The number of rotatable bonds is 35. The summed E-state index contributed by atoms with van der Waals surface area (Å²) in [6.45, 7) is 4.58. The van der Waals surface area contributed by atoms with Crippen molar-refractivity contribution in [3.63, 3.8) is 0 Å². The van der Waals surface area contributed by atoms with E-state index in [-0.39, 0.29) is 5.91 Å². The Balaban J connectivity index is 1.68. The average Bonchev–Trinajstić information content (AvgIpc) is 3.17. The van der Waals surface area contributed by atoms with E-state index in [1.54, 1.807) is 4.90 Å². The fraction of sp³-hybridized carbons (Fsp3) is 0.653. The molecule has 52 heavy (non-hydrogen) atoms. The molecule has 0 saturated heterocycles. The molecular weight excluding hydrogens is 635 g/mol. The van der Waals surface area contributed by atoms with Crippen LogP contribution in [-0.4, -0.2) is 10.8 Å². The van der Waals surface area contributed by atoms with E-state index in [1.807, 2.05) is 67.0 Å². The first kappa shape index (κ1) is 45.3. The average molecular weight is 714 g/mol. The lowest BCUT2D eigenvalue weighted by molar-refractivity contribution is 0.0869. The van der Waals surface area contributed by atoms with Gasteiger partial charge in [-0.1, -0.05) is 211 Å². The molecule has 0 bridgehead atoms. The smallest absolute Gasteiger partial charge is 0.261 e. The number of hydrogen-bond acceptors (Lipinski definition) is 2. The van der Waals surface area contributed by atoms with Crippen LogP contribution in [0.25, 0.3) is 0 Å². The van der Waals surface area contributed by atoms with Crippen LogP contribution in [0.5, 0.6) is 11.5 Å². The molecule has 292 valence electrons. The molecule has 0 aliphatic rings. The van der Waals surface area contributed by atoms with Crippen molar-refractivity contribution in [3.8, 4) is 11.5 Å². The van der Waals surface area contributed by atoms with Gasteiger partial charge in [0.05, 0.1) is 0 Å². The molecule has 0 saturated carbocycles. The number of allylic oxidation sites excluding steroid dienone is 2.